The quantitative estimate of drug-likeness (QED) is 0.626. The lowest BCUT2D eigenvalue weighted by molar-refractivity contribution is 0.326. The van der Waals surface area contributed by atoms with Crippen molar-refractivity contribution in [3.8, 4) is 0 Å². The Balaban J connectivity index is 4.97. The summed E-state index contributed by atoms with van der Waals surface area (Å²) in [4.78, 5) is 0. The molecule has 110 valence electrons. The van der Waals surface area contributed by atoms with Crippen molar-refractivity contribution in [2.24, 2.45) is 11.8 Å². The minimum atomic E-state index is -4.14. The van der Waals surface area contributed by atoms with E-state index in [0.717, 1.165) is 0 Å². The standard InChI is InChI=1S/C10H22O6S2/c1-3-5-9(7-17(11,12)13)10(6-4-2)8-18(14,15)16/h9-10H,3-8H2,1-2H3,(H,11,12,13)(H,14,15,16). The predicted molar refractivity (Wildman–Crippen MR) is 69.6 cm³/mol. The highest BCUT2D eigenvalue weighted by Crippen LogP contribution is 2.25. The Morgan fingerprint density at radius 2 is 1.06 bits per heavy atom. The molecule has 0 aliphatic rings. The second-order valence-corrected chi connectivity index (χ2v) is 7.59. The van der Waals surface area contributed by atoms with Gasteiger partial charge in [-0.3, -0.25) is 9.11 Å². The van der Waals surface area contributed by atoms with Crippen molar-refractivity contribution in [3.63, 3.8) is 0 Å². The molecule has 0 aromatic heterocycles. The fraction of sp³-hybridized carbons (Fsp3) is 1.00. The molecular weight excluding hydrogens is 280 g/mol. The van der Waals surface area contributed by atoms with E-state index in [1.54, 1.807) is 0 Å². The molecule has 0 heterocycles. The Morgan fingerprint density at radius 3 is 1.22 bits per heavy atom. The van der Waals surface area contributed by atoms with Crippen molar-refractivity contribution < 1.29 is 25.9 Å². The lowest BCUT2D eigenvalue weighted by atomic mass is 9.88. The third-order valence-corrected chi connectivity index (χ3v) is 4.53. The van der Waals surface area contributed by atoms with E-state index in [9.17, 15) is 16.8 Å². The van der Waals surface area contributed by atoms with Gasteiger partial charge in [-0.2, -0.15) is 16.8 Å². The highest BCUT2D eigenvalue weighted by molar-refractivity contribution is 7.86. The van der Waals surface area contributed by atoms with Gasteiger partial charge in [0.15, 0.2) is 0 Å². The first kappa shape index (κ1) is 17.8. The smallest absolute Gasteiger partial charge is 0.265 e. The van der Waals surface area contributed by atoms with E-state index in [4.69, 9.17) is 9.11 Å². The van der Waals surface area contributed by atoms with E-state index in [-0.39, 0.29) is 0 Å². The molecule has 0 rings (SSSR count). The first-order valence-corrected chi connectivity index (χ1v) is 9.21. The molecule has 0 bridgehead atoms. The van der Waals surface area contributed by atoms with Crippen molar-refractivity contribution in [3.05, 3.63) is 0 Å². The fourth-order valence-corrected chi connectivity index (χ4v) is 4.15. The molecule has 0 aliphatic carbocycles. The summed E-state index contributed by atoms with van der Waals surface area (Å²) in [7, 11) is -8.28. The van der Waals surface area contributed by atoms with Gasteiger partial charge in [-0.05, 0) is 24.7 Å². The predicted octanol–water partition coefficient (Wildman–Crippen LogP) is 1.59. The van der Waals surface area contributed by atoms with Crippen LogP contribution in [-0.4, -0.2) is 37.4 Å². The van der Waals surface area contributed by atoms with E-state index in [0.29, 0.717) is 25.7 Å². The van der Waals surface area contributed by atoms with Gasteiger partial charge in [-0.1, -0.05) is 26.7 Å². The molecule has 0 amide bonds. The lowest BCUT2D eigenvalue weighted by Crippen LogP contribution is -2.29. The maximum Gasteiger partial charge on any atom is 0.265 e. The van der Waals surface area contributed by atoms with E-state index in [1.165, 1.54) is 0 Å². The van der Waals surface area contributed by atoms with E-state index < -0.39 is 43.6 Å². The highest BCUT2D eigenvalue weighted by Gasteiger charge is 2.28. The minimum Gasteiger partial charge on any atom is -0.286 e. The summed E-state index contributed by atoms with van der Waals surface area (Å²) in [5, 5.41) is 0. The molecule has 8 heteroatoms. The van der Waals surface area contributed by atoms with Crippen LogP contribution in [0.5, 0.6) is 0 Å². The van der Waals surface area contributed by atoms with E-state index in [1.807, 2.05) is 13.8 Å². The molecule has 0 saturated heterocycles. The van der Waals surface area contributed by atoms with Gasteiger partial charge in [0.1, 0.15) is 0 Å². The van der Waals surface area contributed by atoms with Crippen LogP contribution in [0.4, 0.5) is 0 Å². The lowest BCUT2D eigenvalue weighted by Gasteiger charge is -2.24. The number of hydrogen-bond acceptors (Lipinski definition) is 4. The molecule has 0 saturated carbocycles. The molecular formula is C10H22O6S2. The normalized spacial score (nSPS) is 16.4. The molecule has 0 radical (unpaired) electrons. The summed E-state index contributed by atoms with van der Waals surface area (Å²) in [6.45, 7) is 3.71. The zero-order chi connectivity index (χ0) is 14.4. The number of rotatable bonds is 9. The summed E-state index contributed by atoms with van der Waals surface area (Å²) in [5.41, 5.74) is 0. The Kier molecular flexibility index (Phi) is 7.34. The molecule has 6 nitrogen and oxygen atoms in total. The summed E-state index contributed by atoms with van der Waals surface area (Å²) in [5.74, 6) is -1.82. The molecule has 0 aromatic carbocycles. The van der Waals surface area contributed by atoms with Crippen molar-refractivity contribution in [2.45, 2.75) is 39.5 Å². The molecule has 0 aromatic rings. The van der Waals surface area contributed by atoms with Crippen LogP contribution in [0.15, 0.2) is 0 Å². The van der Waals surface area contributed by atoms with Gasteiger partial charge in [-0.15, -0.1) is 0 Å². The first-order valence-electron chi connectivity index (χ1n) is 5.99. The average Bonchev–Trinajstić information content (AvgIpc) is 2.12. The molecule has 0 aliphatic heterocycles. The van der Waals surface area contributed by atoms with Crippen molar-refractivity contribution in [2.75, 3.05) is 11.5 Å². The van der Waals surface area contributed by atoms with Crippen molar-refractivity contribution >= 4 is 20.2 Å². The number of hydrogen-bond donors (Lipinski definition) is 2. The van der Waals surface area contributed by atoms with Crippen LogP contribution in [0, 0.1) is 11.8 Å². The van der Waals surface area contributed by atoms with Crippen LogP contribution in [-0.2, 0) is 20.2 Å². The van der Waals surface area contributed by atoms with Gasteiger partial charge in [0.05, 0.1) is 11.5 Å². The van der Waals surface area contributed by atoms with Crippen molar-refractivity contribution in [1.82, 2.24) is 0 Å². The molecule has 0 spiro atoms. The average molecular weight is 302 g/mol. The van der Waals surface area contributed by atoms with Gasteiger partial charge in [0.2, 0.25) is 0 Å². The van der Waals surface area contributed by atoms with Gasteiger partial charge in [-0.25, -0.2) is 0 Å². The zero-order valence-corrected chi connectivity index (χ0v) is 12.4. The van der Waals surface area contributed by atoms with Crippen molar-refractivity contribution in [1.29, 1.82) is 0 Å². The maximum atomic E-state index is 10.9. The monoisotopic (exact) mass is 302 g/mol. The van der Waals surface area contributed by atoms with Gasteiger partial charge in [0, 0.05) is 0 Å². The van der Waals surface area contributed by atoms with Gasteiger partial charge >= 0.3 is 0 Å². The Hall–Kier alpha value is -0.180. The second kappa shape index (κ2) is 7.42. The Labute approximate surface area is 109 Å². The topological polar surface area (TPSA) is 109 Å². The summed E-state index contributed by atoms with van der Waals surface area (Å²) in [6.07, 6.45) is 2.37. The SMILES string of the molecule is CCCC(CS(=O)(=O)O)C(CCC)CS(=O)(=O)O. The van der Waals surface area contributed by atoms with Gasteiger partial charge in [0.25, 0.3) is 20.2 Å². The first-order chi connectivity index (χ1) is 8.09. The summed E-state index contributed by atoms with van der Waals surface area (Å²) < 4.78 is 61.5. The molecule has 2 unspecified atom stereocenters. The van der Waals surface area contributed by atoms with Gasteiger partial charge < -0.3 is 0 Å². The third-order valence-electron chi connectivity index (χ3n) is 2.83. The third kappa shape index (κ3) is 8.84. The molecule has 18 heavy (non-hydrogen) atoms. The van der Waals surface area contributed by atoms with E-state index in [2.05, 4.69) is 0 Å². The van der Waals surface area contributed by atoms with Crippen LogP contribution < -0.4 is 0 Å². The molecule has 2 N–H and O–H groups in total. The molecule has 0 fully saturated rings. The maximum absolute atomic E-state index is 10.9. The summed E-state index contributed by atoms with van der Waals surface area (Å²) >= 11 is 0. The minimum absolute atomic E-state index is 0.452. The largest absolute Gasteiger partial charge is 0.286 e. The van der Waals surface area contributed by atoms with Crippen LogP contribution in [0.1, 0.15) is 39.5 Å². The fourth-order valence-electron chi connectivity index (χ4n) is 2.19. The van der Waals surface area contributed by atoms with E-state index >= 15 is 0 Å². The van der Waals surface area contributed by atoms with Crippen LogP contribution in [0.2, 0.25) is 0 Å². The van der Waals surface area contributed by atoms with Crippen LogP contribution in [0.3, 0.4) is 0 Å². The zero-order valence-electron chi connectivity index (χ0n) is 10.7. The van der Waals surface area contributed by atoms with Crippen LogP contribution in [0.25, 0.3) is 0 Å². The molecule has 2 atom stereocenters. The highest BCUT2D eigenvalue weighted by atomic mass is 32.2. The Morgan fingerprint density at radius 1 is 0.778 bits per heavy atom. The summed E-state index contributed by atoms with van der Waals surface area (Å²) in [6, 6.07) is 0. The second-order valence-electron chi connectivity index (χ2n) is 4.59. The Bertz CT molecular complexity index is 383. The van der Waals surface area contributed by atoms with Crippen LogP contribution >= 0.6 is 0 Å².